The lowest BCUT2D eigenvalue weighted by Crippen LogP contribution is -2.00. The lowest BCUT2D eigenvalue weighted by molar-refractivity contribution is 0.669. The highest BCUT2D eigenvalue weighted by molar-refractivity contribution is 6.27. The smallest absolute Gasteiger partial charge is 0.237 e. The van der Waals surface area contributed by atoms with Crippen LogP contribution < -0.4 is 0 Å². The van der Waals surface area contributed by atoms with E-state index in [2.05, 4.69) is 49.9 Å². The predicted octanol–water partition coefficient (Wildman–Crippen LogP) is 4.87. The van der Waals surface area contributed by atoms with E-state index in [9.17, 15) is 0 Å². The topological polar surface area (TPSA) is 56.7 Å². The summed E-state index contributed by atoms with van der Waals surface area (Å²) in [7, 11) is 0. The molecular weight excluding hydrogens is 324 g/mol. The van der Waals surface area contributed by atoms with E-state index >= 15 is 0 Å². The molecule has 3 heterocycles. The highest BCUT2D eigenvalue weighted by Crippen LogP contribution is 2.40. The molecule has 6 aromatic rings. The second-order valence-electron chi connectivity index (χ2n) is 6.22. The molecule has 0 fully saturated rings. The van der Waals surface area contributed by atoms with E-state index in [1.54, 1.807) is 0 Å². The average molecular weight is 336 g/mol. The minimum absolute atomic E-state index is 0.610. The van der Waals surface area contributed by atoms with Crippen molar-refractivity contribution in [3.63, 3.8) is 0 Å². The third-order valence-electron chi connectivity index (χ3n) is 4.86. The zero-order valence-electron chi connectivity index (χ0n) is 13.6. The number of hydrogen-bond donors (Lipinski definition) is 0. The second-order valence-corrected chi connectivity index (χ2v) is 6.22. The zero-order valence-corrected chi connectivity index (χ0v) is 13.6. The molecule has 0 unspecified atom stereocenters. The first-order chi connectivity index (χ1) is 12.9. The van der Waals surface area contributed by atoms with Crippen molar-refractivity contribution in [1.82, 2.24) is 19.5 Å². The van der Waals surface area contributed by atoms with Crippen LogP contribution in [-0.4, -0.2) is 19.5 Å². The molecule has 122 valence electrons. The number of para-hydroxylation sites is 2. The van der Waals surface area contributed by atoms with Crippen LogP contribution in [0.5, 0.6) is 0 Å². The molecule has 3 aromatic carbocycles. The van der Waals surface area contributed by atoms with Gasteiger partial charge in [-0.1, -0.05) is 36.4 Å². The summed E-state index contributed by atoms with van der Waals surface area (Å²) in [6.45, 7) is 0. The molecule has 0 saturated heterocycles. The monoisotopic (exact) mass is 336 g/mol. The van der Waals surface area contributed by atoms with Crippen molar-refractivity contribution < 1.29 is 4.42 Å². The van der Waals surface area contributed by atoms with Crippen LogP contribution >= 0.6 is 0 Å². The van der Waals surface area contributed by atoms with Crippen LogP contribution in [0.2, 0.25) is 0 Å². The van der Waals surface area contributed by atoms with E-state index in [1.807, 2.05) is 30.3 Å². The number of fused-ring (bicyclic) bond motifs is 7. The van der Waals surface area contributed by atoms with Gasteiger partial charge >= 0.3 is 0 Å². The van der Waals surface area contributed by atoms with Crippen LogP contribution in [0.3, 0.4) is 0 Å². The Balaban J connectivity index is 1.92. The van der Waals surface area contributed by atoms with Gasteiger partial charge in [0.2, 0.25) is 5.95 Å². The standard InChI is InChI=1S/C21H12N4O/c1-3-7-15-13(5-1)19-16(25(15)21-23-11-22-12-24-21)9-10-18-20(19)14-6-2-4-8-17(14)26-18/h1-12H. The SMILES string of the molecule is c1ccc2c(c1)oc1ccc3c(c4ccccc4n3-c3ncncn3)c12. The molecule has 3 aromatic heterocycles. The Morgan fingerprint density at radius 2 is 1.42 bits per heavy atom. The molecule has 0 spiro atoms. The lowest BCUT2D eigenvalue weighted by Gasteiger charge is -2.04. The molecule has 0 aliphatic heterocycles. The summed E-state index contributed by atoms with van der Waals surface area (Å²) < 4.78 is 8.15. The van der Waals surface area contributed by atoms with E-state index in [0.29, 0.717) is 5.95 Å². The molecular formula is C21H12N4O. The van der Waals surface area contributed by atoms with Crippen molar-refractivity contribution in [2.24, 2.45) is 0 Å². The average Bonchev–Trinajstić information content (AvgIpc) is 3.24. The largest absolute Gasteiger partial charge is 0.456 e. The molecule has 0 aliphatic rings. The molecule has 6 rings (SSSR count). The van der Waals surface area contributed by atoms with E-state index in [1.165, 1.54) is 12.7 Å². The molecule has 0 radical (unpaired) electrons. The maximum atomic E-state index is 6.07. The summed E-state index contributed by atoms with van der Waals surface area (Å²) in [5.74, 6) is 0.610. The van der Waals surface area contributed by atoms with E-state index in [-0.39, 0.29) is 0 Å². The fourth-order valence-corrected chi connectivity index (χ4v) is 3.84. The van der Waals surface area contributed by atoms with E-state index in [0.717, 1.165) is 43.7 Å². The van der Waals surface area contributed by atoms with Crippen LogP contribution in [0, 0.1) is 0 Å². The Labute approximate surface area is 147 Å². The Bertz CT molecular complexity index is 1430. The van der Waals surface area contributed by atoms with Crippen LogP contribution in [-0.2, 0) is 0 Å². The summed E-state index contributed by atoms with van der Waals surface area (Å²) >= 11 is 0. The van der Waals surface area contributed by atoms with Gasteiger partial charge in [0.25, 0.3) is 0 Å². The molecule has 0 aliphatic carbocycles. The van der Waals surface area contributed by atoms with Gasteiger partial charge < -0.3 is 4.42 Å². The van der Waals surface area contributed by atoms with Crippen LogP contribution in [0.4, 0.5) is 0 Å². The first-order valence-corrected chi connectivity index (χ1v) is 8.37. The van der Waals surface area contributed by atoms with Crippen molar-refractivity contribution in [3.8, 4) is 5.95 Å². The summed E-state index contributed by atoms with van der Waals surface area (Å²) in [4.78, 5) is 12.7. The van der Waals surface area contributed by atoms with Crippen molar-refractivity contribution in [2.75, 3.05) is 0 Å². The minimum Gasteiger partial charge on any atom is -0.456 e. The third kappa shape index (κ3) is 1.66. The molecule has 0 saturated carbocycles. The first kappa shape index (κ1) is 13.5. The zero-order chi connectivity index (χ0) is 17.1. The molecule has 0 N–H and O–H groups in total. The molecule has 0 bridgehead atoms. The number of furan rings is 1. The number of benzene rings is 3. The van der Waals surface area contributed by atoms with Gasteiger partial charge in [0, 0.05) is 21.5 Å². The minimum atomic E-state index is 0.610. The van der Waals surface area contributed by atoms with Gasteiger partial charge in [-0.15, -0.1) is 0 Å². The van der Waals surface area contributed by atoms with Crippen LogP contribution in [0.25, 0.3) is 49.7 Å². The quantitative estimate of drug-likeness (QED) is 0.430. The third-order valence-corrected chi connectivity index (χ3v) is 4.86. The highest BCUT2D eigenvalue weighted by Gasteiger charge is 2.18. The fraction of sp³-hybridized carbons (Fsp3) is 0. The first-order valence-electron chi connectivity index (χ1n) is 8.37. The summed E-state index contributed by atoms with van der Waals surface area (Å²) in [6.07, 6.45) is 3.05. The Hall–Kier alpha value is -3.73. The maximum absolute atomic E-state index is 6.07. The Morgan fingerprint density at radius 1 is 0.654 bits per heavy atom. The van der Waals surface area contributed by atoms with Gasteiger partial charge in [0.05, 0.1) is 11.0 Å². The highest BCUT2D eigenvalue weighted by atomic mass is 16.3. The Kier molecular flexibility index (Phi) is 2.55. The summed E-state index contributed by atoms with van der Waals surface area (Å²) in [5.41, 5.74) is 3.90. The second kappa shape index (κ2) is 4.89. The maximum Gasteiger partial charge on any atom is 0.237 e. The van der Waals surface area contributed by atoms with Gasteiger partial charge in [-0.2, -0.15) is 0 Å². The van der Waals surface area contributed by atoms with Gasteiger partial charge in [-0.25, -0.2) is 15.0 Å². The molecule has 0 amide bonds. The molecule has 5 nitrogen and oxygen atoms in total. The molecule has 0 atom stereocenters. The van der Waals surface area contributed by atoms with Crippen molar-refractivity contribution in [2.45, 2.75) is 0 Å². The molecule has 5 heteroatoms. The number of rotatable bonds is 1. The van der Waals surface area contributed by atoms with Gasteiger partial charge in [-0.3, -0.25) is 4.57 Å². The van der Waals surface area contributed by atoms with Gasteiger partial charge in [0.15, 0.2) is 0 Å². The fourth-order valence-electron chi connectivity index (χ4n) is 3.84. The van der Waals surface area contributed by atoms with Crippen molar-refractivity contribution in [3.05, 3.63) is 73.3 Å². The van der Waals surface area contributed by atoms with E-state index in [4.69, 9.17) is 4.42 Å². The Morgan fingerprint density at radius 3 is 2.31 bits per heavy atom. The normalized spacial score (nSPS) is 11.8. The van der Waals surface area contributed by atoms with Crippen LogP contribution in [0.1, 0.15) is 0 Å². The van der Waals surface area contributed by atoms with Gasteiger partial charge in [-0.05, 0) is 24.3 Å². The predicted molar refractivity (Wildman–Crippen MR) is 101 cm³/mol. The molecule has 26 heavy (non-hydrogen) atoms. The van der Waals surface area contributed by atoms with Gasteiger partial charge in [0.1, 0.15) is 23.8 Å². The van der Waals surface area contributed by atoms with E-state index < -0.39 is 0 Å². The van der Waals surface area contributed by atoms with Crippen molar-refractivity contribution in [1.29, 1.82) is 0 Å². The van der Waals surface area contributed by atoms with Crippen LogP contribution in [0.15, 0.2) is 77.7 Å². The number of hydrogen-bond acceptors (Lipinski definition) is 4. The number of nitrogens with zero attached hydrogens (tertiary/aromatic N) is 4. The summed E-state index contributed by atoms with van der Waals surface area (Å²) in [5, 5.41) is 4.55. The number of aromatic nitrogens is 4. The lowest BCUT2D eigenvalue weighted by atomic mass is 10.1. The van der Waals surface area contributed by atoms with Crippen molar-refractivity contribution >= 4 is 43.7 Å². The summed E-state index contributed by atoms with van der Waals surface area (Å²) in [6, 6.07) is 20.6.